The van der Waals surface area contributed by atoms with Gasteiger partial charge < -0.3 is 10.6 Å². The van der Waals surface area contributed by atoms with Crippen LogP contribution in [0.3, 0.4) is 0 Å². The molecular formula is C21H21N3O2S. The van der Waals surface area contributed by atoms with Crippen molar-refractivity contribution >= 4 is 28.3 Å². The fourth-order valence-corrected chi connectivity index (χ4v) is 3.33. The van der Waals surface area contributed by atoms with Crippen LogP contribution in [-0.2, 0) is 4.79 Å². The third-order valence-electron chi connectivity index (χ3n) is 4.18. The van der Waals surface area contributed by atoms with E-state index in [0.29, 0.717) is 10.7 Å². The van der Waals surface area contributed by atoms with E-state index in [0.717, 1.165) is 22.4 Å². The summed E-state index contributed by atoms with van der Waals surface area (Å²) in [6.45, 7) is 5.72. The largest absolute Gasteiger partial charge is 0.341 e. The highest BCUT2D eigenvalue weighted by Crippen LogP contribution is 2.28. The molecule has 0 saturated carbocycles. The minimum absolute atomic E-state index is 0.284. The van der Waals surface area contributed by atoms with Crippen LogP contribution >= 0.6 is 11.3 Å². The van der Waals surface area contributed by atoms with Crippen LogP contribution in [0.2, 0.25) is 0 Å². The predicted molar refractivity (Wildman–Crippen MR) is 109 cm³/mol. The van der Waals surface area contributed by atoms with Crippen LogP contribution < -0.4 is 10.6 Å². The number of aryl methyl sites for hydroxylation is 2. The van der Waals surface area contributed by atoms with E-state index >= 15 is 0 Å². The van der Waals surface area contributed by atoms with Crippen molar-refractivity contribution < 1.29 is 9.59 Å². The van der Waals surface area contributed by atoms with Crippen LogP contribution in [0.5, 0.6) is 0 Å². The lowest BCUT2D eigenvalue weighted by atomic mass is 10.0. The summed E-state index contributed by atoms with van der Waals surface area (Å²) >= 11 is 1.36. The molecule has 1 atom stereocenters. The zero-order chi connectivity index (χ0) is 19.4. The molecule has 1 aromatic heterocycles. The highest BCUT2D eigenvalue weighted by Gasteiger charge is 2.18. The second-order valence-corrected chi connectivity index (χ2v) is 7.26. The van der Waals surface area contributed by atoms with Crippen molar-refractivity contribution in [3.63, 3.8) is 0 Å². The summed E-state index contributed by atoms with van der Waals surface area (Å²) < 4.78 is 0. The third kappa shape index (κ3) is 4.60. The Bertz CT molecular complexity index is 967. The molecule has 0 bridgehead atoms. The molecule has 138 valence electrons. The summed E-state index contributed by atoms with van der Waals surface area (Å²) in [6.07, 6.45) is 0. The minimum atomic E-state index is -0.675. The lowest BCUT2D eigenvalue weighted by Crippen LogP contribution is -2.41. The number of thiazole rings is 1. The van der Waals surface area contributed by atoms with Gasteiger partial charge in [-0.3, -0.25) is 9.59 Å². The van der Waals surface area contributed by atoms with Gasteiger partial charge >= 0.3 is 0 Å². The van der Waals surface area contributed by atoms with Gasteiger partial charge in [0.1, 0.15) is 6.04 Å². The van der Waals surface area contributed by atoms with E-state index in [2.05, 4.69) is 33.8 Å². The molecule has 0 aliphatic rings. The number of rotatable bonds is 5. The molecule has 2 N–H and O–H groups in total. The van der Waals surface area contributed by atoms with Gasteiger partial charge in [-0.25, -0.2) is 4.98 Å². The number of anilines is 1. The highest BCUT2D eigenvalue weighted by molar-refractivity contribution is 7.14. The number of hydrogen-bond acceptors (Lipinski definition) is 4. The van der Waals surface area contributed by atoms with E-state index in [1.54, 1.807) is 31.2 Å². The Labute approximate surface area is 162 Å². The van der Waals surface area contributed by atoms with Crippen molar-refractivity contribution in [2.75, 3.05) is 5.32 Å². The Hall–Kier alpha value is -2.99. The molecule has 6 heteroatoms. The van der Waals surface area contributed by atoms with Crippen LogP contribution in [0.15, 0.2) is 53.9 Å². The molecule has 3 aromatic rings. The van der Waals surface area contributed by atoms with Crippen LogP contribution in [0.4, 0.5) is 5.13 Å². The van der Waals surface area contributed by atoms with Crippen molar-refractivity contribution in [1.82, 2.24) is 10.3 Å². The lowest BCUT2D eigenvalue weighted by molar-refractivity contribution is -0.117. The molecule has 5 nitrogen and oxygen atoms in total. The first-order chi connectivity index (χ1) is 12.9. The number of carbonyl (C=O) groups is 2. The monoisotopic (exact) mass is 379 g/mol. The number of amides is 2. The lowest BCUT2D eigenvalue weighted by Gasteiger charge is -2.13. The number of hydrogen-bond donors (Lipinski definition) is 2. The predicted octanol–water partition coefficient (Wildman–Crippen LogP) is 4.18. The number of benzene rings is 2. The fraction of sp³-hybridized carbons (Fsp3) is 0.190. The molecule has 0 fully saturated rings. The number of nitrogens with zero attached hydrogens (tertiary/aromatic N) is 1. The molecule has 0 unspecified atom stereocenters. The summed E-state index contributed by atoms with van der Waals surface area (Å²) in [4.78, 5) is 29.1. The van der Waals surface area contributed by atoms with Crippen molar-refractivity contribution in [3.8, 4) is 11.3 Å². The Kier molecular flexibility index (Phi) is 5.66. The highest BCUT2D eigenvalue weighted by atomic mass is 32.1. The minimum Gasteiger partial charge on any atom is -0.341 e. The SMILES string of the molecule is Cc1ccc(C)c(-c2csc(NC(=O)[C@H](C)NC(=O)c3ccccc3)n2)c1. The van der Waals surface area contributed by atoms with Crippen LogP contribution in [0, 0.1) is 13.8 Å². The van der Waals surface area contributed by atoms with Gasteiger partial charge in [-0.15, -0.1) is 11.3 Å². The van der Waals surface area contributed by atoms with Gasteiger partial charge in [0, 0.05) is 16.5 Å². The van der Waals surface area contributed by atoms with E-state index in [1.807, 2.05) is 25.3 Å². The van der Waals surface area contributed by atoms with Crippen molar-refractivity contribution in [1.29, 1.82) is 0 Å². The van der Waals surface area contributed by atoms with Gasteiger partial charge in [0.2, 0.25) is 5.91 Å². The van der Waals surface area contributed by atoms with E-state index < -0.39 is 6.04 Å². The van der Waals surface area contributed by atoms with Crippen LogP contribution in [0.1, 0.15) is 28.4 Å². The van der Waals surface area contributed by atoms with Crippen molar-refractivity contribution in [3.05, 3.63) is 70.6 Å². The molecule has 3 rings (SSSR count). The molecule has 27 heavy (non-hydrogen) atoms. The summed E-state index contributed by atoms with van der Waals surface area (Å²) in [6, 6.07) is 14.3. The quantitative estimate of drug-likeness (QED) is 0.698. The first kappa shape index (κ1) is 18.8. The molecule has 1 heterocycles. The molecular weight excluding hydrogens is 358 g/mol. The second-order valence-electron chi connectivity index (χ2n) is 6.41. The summed E-state index contributed by atoms with van der Waals surface area (Å²) in [5.41, 5.74) is 4.69. The zero-order valence-electron chi connectivity index (χ0n) is 15.4. The van der Waals surface area contributed by atoms with Crippen LogP contribution in [0.25, 0.3) is 11.3 Å². The molecule has 2 aromatic carbocycles. The molecule has 0 spiro atoms. The zero-order valence-corrected chi connectivity index (χ0v) is 16.3. The molecule has 0 radical (unpaired) electrons. The average molecular weight is 379 g/mol. The maximum atomic E-state index is 12.4. The smallest absolute Gasteiger partial charge is 0.251 e. The van der Waals surface area contributed by atoms with E-state index in [9.17, 15) is 9.59 Å². The van der Waals surface area contributed by atoms with Gasteiger partial charge in [0.25, 0.3) is 5.91 Å². The first-order valence-electron chi connectivity index (χ1n) is 8.64. The Morgan fingerprint density at radius 3 is 2.56 bits per heavy atom. The summed E-state index contributed by atoms with van der Waals surface area (Å²) in [5, 5.41) is 7.91. The normalized spacial score (nSPS) is 11.7. The molecule has 2 amide bonds. The number of aromatic nitrogens is 1. The summed E-state index contributed by atoms with van der Waals surface area (Å²) in [5.74, 6) is -0.588. The Balaban J connectivity index is 1.65. The topological polar surface area (TPSA) is 71.1 Å². The van der Waals surface area contributed by atoms with Gasteiger partial charge in [-0.1, -0.05) is 35.9 Å². The van der Waals surface area contributed by atoms with Gasteiger partial charge in [0.15, 0.2) is 5.13 Å². The maximum Gasteiger partial charge on any atom is 0.251 e. The maximum absolute atomic E-state index is 12.4. The summed E-state index contributed by atoms with van der Waals surface area (Å²) in [7, 11) is 0. The number of carbonyl (C=O) groups excluding carboxylic acids is 2. The first-order valence-corrected chi connectivity index (χ1v) is 9.52. The Morgan fingerprint density at radius 1 is 1.07 bits per heavy atom. The Morgan fingerprint density at radius 2 is 1.81 bits per heavy atom. The van der Waals surface area contributed by atoms with Crippen LogP contribution in [-0.4, -0.2) is 22.8 Å². The number of nitrogens with one attached hydrogen (secondary N) is 2. The second kappa shape index (κ2) is 8.14. The third-order valence-corrected chi connectivity index (χ3v) is 4.94. The van der Waals surface area contributed by atoms with Crippen molar-refractivity contribution in [2.45, 2.75) is 26.8 Å². The molecule has 0 aliphatic heterocycles. The van der Waals surface area contributed by atoms with Gasteiger partial charge in [-0.05, 0) is 44.5 Å². The fourth-order valence-electron chi connectivity index (χ4n) is 2.62. The molecule has 0 saturated heterocycles. The van der Waals surface area contributed by atoms with E-state index in [-0.39, 0.29) is 11.8 Å². The molecule has 0 aliphatic carbocycles. The van der Waals surface area contributed by atoms with E-state index in [1.165, 1.54) is 11.3 Å². The van der Waals surface area contributed by atoms with Gasteiger partial charge in [-0.2, -0.15) is 0 Å². The van der Waals surface area contributed by atoms with Crippen molar-refractivity contribution in [2.24, 2.45) is 0 Å². The van der Waals surface area contributed by atoms with E-state index in [4.69, 9.17) is 0 Å². The van der Waals surface area contributed by atoms with Gasteiger partial charge in [0.05, 0.1) is 5.69 Å². The average Bonchev–Trinajstić information content (AvgIpc) is 3.12. The standard InChI is InChI=1S/C21H21N3O2S/c1-13-9-10-14(2)17(11-13)18-12-27-21(23-18)24-19(25)15(3)22-20(26)16-7-5-4-6-8-16/h4-12,15H,1-3H3,(H,22,26)(H,23,24,25)/t15-/m0/s1.